The van der Waals surface area contributed by atoms with Gasteiger partial charge < -0.3 is 24.2 Å². The molecule has 2 aliphatic heterocycles. The molecule has 0 aromatic carbocycles. The van der Waals surface area contributed by atoms with Crippen LogP contribution in [0.3, 0.4) is 0 Å². The highest BCUT2D eigenvalue weighted by atomic mass is 16.5. The smallest absolute Gasteiger partial charge is 0.228 e. The molecule has 2 aliphatic rings. The summed E-state index contributed by atoms with van der Waals surface area (Å²) in [5, 5.41) is 0. The molecule has 0 radical (unpaired) electrons. The van der Waals surface area contributed by atoms with E-state index in [1.54, 1.807) is 19.4 Å². The van der Waals surface area contributed by atoms with Crippen LogP contribution in [0.1, 0.15) is 5.69 Å². The van der Waals surface area contributed by atoms with E-state index in [2.05, 4.69) is 35.7 Å². The molecular weight excluding hydrogens is 346 g/mol. The Morgan fingerprint density at radius 3 is 2.33 bits per heavy atom. The van der Waals surface area contributed by atoms with Crippen LogP contribution in [-0.2, 0) is 4.74 Å². The van der Waals surface area contributed by atoms with Crippen molar-refractivity contribution in [1.82, 2.24) is 19.9 Å². The molecule has 27 heavy (non-hydrogen) atoms. The molecule has 0 amide bonds. The summed E-state index contributed by atoms with van der Waals surface area (Å²) in [5.74, 6) is 3.08. The number of nitrogens with zero attached hydrogens (tertiary/aromatic N) is 7. The maximum absolute atomic E-state index is 5.43. The third kappa shape index (κ3) is 4.02. The molecule has 2 saturated heterocycles. The van der Waals surface area contributed by atoms with Crippen molar-refractivity contribution in [2.24, 2.45) is 0 Å². The lowest BCUT2D eigenvalue weighted by Gasteiger charge is -2.36. The van der Waals surface area contributed by atoms with E-state index in [9.17, 15) is 0 Å². The number of methoxy groups -OCH3 is 1. The molecule has 2 aromatic rings. The first kappa shape index (κ1) is 17.7. The number of piperazine rings is 1. The fraction of sp³-hybridized carbons (Fsp3) is 0.556. The summed E-state index contributed by atoms with van der Waals surface area (Å²) in [4.78, 5) is 24.9. The lowest BCUT2D eigenvalue weighted by atomic mass is 10.3. The standard InChI is InChI=1S/C18H25N7O2/c1-14-13-15(21-18(20-14)25-9-11-27-12-10-25)23-5-7-24(8-6-23)17-19-4-3-16(22-17)26-2/h3-4,13H,5-12H2,1-2H3. The van der Waals surface area contributed by atoms with Crippen LogP contribution in [0.5, 0.6) is 5.88 Å². The molecule has 2 fully saturated rings. The Bertz CT molecular complexity index is 774. The molecule has 0 bridgehead atoms. The third-order valence-corrected chi connectivity index (χ3v) is 4.84. The number of ether oxygens (including phenoxy) is 2. The largest absolute Gasteiger partial charge is 0.481 e. The monoisotopic (exact) mass is 371 g/mol. The predicted molar refractivity (Wildman–Crippen MR) is 103 cm³/mol. The zero-order valence-electron chi connectivity index (χ0n) is 15.8. The minimum absolute atomic E-state index is 0.587. The van der Waals surface area contributed by atoms with Crippen molar-refractivity contribution >= 4 is 17.7 Å². The maximum atomic E-state index is 5.43. The quantitative estimate of drug-likeness (QED) is 0.773. The zero-order chi connectivity index (χ0) is 18.6. The molecule has 0 spiro atoms. The van der Waals surface area contributed by atoms with E-state index in [0.717, 1.165) is 69.9 Å². The van der Waals surface area contributed by atoms with E-state index in [4.69, 9.17) is 14.5 Å². The average molecular weight is 371 g/mol. The number of aryl methyl sites for hydroxylation is 1. The van der Waals surface area contributed by atoms with Gasteiger partial charge in [-0.15, -0.1) is 0 Å². The number of morpholine rings is 1. The summed E-state index contributed by atoms with van der Waals surface area (Å²) in [6.45, 7) is 8.55. The van der Waals surface area contributed by atoms with Crippen LogP contribution in [0.4, 0.5) is 17.7 Å². The second-order valence-electron chi connectivity index (χ2n) is 6.64. The van der Waals surface area contributed by atoms with Gasteiger partial charge in [0.15, 0.2) is 0 Å². The van der Waals surface area contributed by atoms with E-state index in [1.807, 2.05) is 6.92 Å². The molecule has 0 saturated carbocycles. The summed E-state index contributed by atoms with van der Waals surface area (Å²) < 4.78 is 10.6. The molecule has 0 atom stereocenters. The number of rotatable bonds is 4. The van der Waals surface area contributed by atoms with Gasteiger partial charge in [0.25, 0.3) is 0 Å². The van der Waals surface area contributed by atoms with Crippen molar-refractivity contribution in [1.29, 1.82) is 0 Å². The van der Waals surface area contributed by atoms with Gasteiger partial charge in [0.05, 0.1) is 20.3 Å². The first-order valence-electron chi connectivity index (χ1n) is 9.28. The SMILES string of the molecule is COc1ccnc(N2CCN(c3cc(C)nc(N4CCOCC4)n3)CC2)n1. The molecule has 9 nitrogen and oxygen atoms in total. The number of hydrogen-bond acceptors (Lipinski definition) is 9. The Balaban J connectivity index is 1.45. The molecule has 2 aromatic heterocycles. The van der Waals surface area contributed by atoms with Gasteiger partial charge in [-0.25, -0.2) is 9.97 Å². The van der Waals surface area contributed by atoms with Crippen LogP contribution in [0.15, 0.2) is 18.3 Å². The highest BCUT2D eigenvalue weighted by Crippen LogP contribution is 2.21. The van der Waals surface area contributed by atoms with E-state index >= 15 is 0 Å². The first-order valence-corrected chi connectivity index (χ1v) is 9.28. The molecule has 0 unspecified atom stereocenters. The van der Waals surface area contributed by atoms with E-state index < -0.39 is 0 Å². The summed E-state index contributed by atoms with van der Waals surface area (Å²) in [6.07, 6.45) is 1.73. The molecule has 4 heterocycles. The Morgan fingerprint density at radius 1 is 0.889 bits per heavy atom. The zero-order valence-corrected chi connectivity index (χ0v) is 15.8. The van der Waals surface area contributed by atoms with Crippen LogP contribution in [0.25, 0.3) is 0 Å². The Morgan fingerprint density at radius 2 is 1.59 bits per heavy atom. The van der Waals surface area contributed by atoms with Crippen molar-refractivity contribution in [3.8, 4) is 5.88 Å². The van der Waals surface area contributed by atoms with Crippen molar-refractivity contribution < 1.29 is 9.47 Å². The van der Waals surface area contributed by atoms with E-state index in [-0.39, 0.29) is 0 Å². The fourth-order valence-corrected chi connectivity index (χ4v) is 3.34. The summed E-state index contributed by atoms with van der Waals surface area (Å²) in [7, 11) is 1.62. The van der Waals surface area contributed by atoms with Crippen LogP contribution in [0.2, 0.25) is 0 Å². The number of hydrogen-bond donors (Lipinski definition) is 0. The molecule has 4 rings (SSSR count). The van der Waals surface area contributed by atoms with Crippen LogP contribution >= 0.6 is 0 Å². The lowest BCUT2D eigenvalue weighted by molar-refractivity contribution is 0.122. The molecule has 0 aliphatic carbocycles. The van der Waals surface area contributed by atoms with Crippen molar-refractivity contribution in [3.05, 3.63) is 24.0 Å². The normalized spacial score (nSPS) is 17.9. The predicted octanol–water partition coefficient (Wildman–Crippen LogP) is 0.747. The van der Waals surface area contributed by atoms with Crippen LogP contribution in [-0.4, -0.2) is 79.5 Å². The molecule has 9 heteroatoms. The van der Waals surface area contributed by atoms with Gasteiger partial charge in [0.2, 0.25) is 17.8 Å². The van der Waals surface area contributed by atoms with Gasteiger partial charge in [-0.05, 0) is 6.92 Å². The van der Waals surface area contributed by atoms with Gasteiger partial charge in [-0.1, -0.05) is 0 Å². The van der Waals surface area contributed by atoms with E-state index in [0.29, 0.717) is 11.8 Å². The maximum Gasteiger partial charge on any atom is 0.228 e. The lowest BCUT2D eigenvalue weighted by Crippen LogP contribution is -2.47. The Labute approximate surface area is 159 Å². The van der Waals surface area contributed by atoms with Crippen molar-refractivity contribution in [2.75, 3.05) is 74.3 Å². The average Bonchev–Trinajstić information content (AvgIpc) is 2.74. The minimum Gasteiger partial charge on any atom is -0.481 e. The Hall–Kier alpha value is -2.68. The highest BCUT2D eigenvalue weighted by Gasteiger charge is 2.22. The van der Waals surface area contributed by atoms with Crippen molar-refractivity contribution in [2.45, 2.75) is 6.92 Å². The van der Waals surface area contributed by atoms with E-state index in [1.165, 1.54) is 0 Å². The van der Waals surface area contributed by atoms with Crippen LogP contribution in [0, 0.1) is 6.92 Å². The second kappa shape index (κ2) is 7.91. The van der Waals surface area contributed by atoms with Gasteiger partial charge in [-0.2, -0.15) is 9.97 Å². The molecular formula is C18H25N7O2. The summed E-state index contributed by atoms with van der Waals surface area (Å²) in [5.41, 5.74) is 0.986. The topological polar surface area (TPSA) is 79.7 Å². The number of anilines is 3. The molecule has 144 valence electrons. The molecule has 0 N–H and O–H groups in total. The third-order valence-electron chi connectivity index (χ3n) is 4.84. The van der Waals surface area contributed by atoms with Crippen LogP contribution < -0.4 is 19.4 Å². The first-order chi connectivity index (χ1) is 13.2. The highest BCUT2D eigenvalue weighted by molar-refractivity contribution is 5.48. The Kier molecular flexibility index (Phi) is 5.19. The number of aromatic nitrogens is 4. The van der Waals surface area contributed by atoms with Gasteiger partial charge in [-0.3, -0.25) is 0 Å². The summed E-state index contributed by atoms with van der Waals surface area (Å²) >= 11 is 0. The second-order valence-corrected chi connectivity index (χ2v) is 6.64. The van der Waals surface area contributed by atoms with Crippen molar-refractivity contribution in [3.63, 3.8) is 0 Å². The van der Waals surface area contributed by atoms with Gasteiger partial charge in [0, 0.05) is 63.3 Å². The minimum atomic E-state index is 0.587. The van der Waals surface area contributed by atoms with Gasteiger partial charge >= 0.3 is 0 Å². The summed E-state index contributed by atoms with van der Waals surface area (Å²) in [6, 6.07) is 3.82. The van der Waals surface area contributed by atoms with Gasteiger partial charge in [0.1, 0.15) is 5.82 Å². The fourth-order valence-electron chi connectivity index (χ4n) is 3.34.